The Labute approximate surface area is 69.3 Å². The molecule has 1 unspecified atom stereocenters. The quantitative estimate of drug-likeness (QED) is 0.499. The standard InChI is InChI=1S/C11H15/c1-4-11(3)8-6-5-7-10(2)9-11/h4-9H,1-3H3/q-1. The van der Waals surface area contributed by atoms with E-state index >= 15 is 0 Å². The molecule has 0 nitrogen and oxygen atoms in total. The Morgan fingerprint density at radius 2 is 2.09 bits per heavy atom. The number of hydrogen-bond donors (Lipinski definition) is 0. The van der Waals surface area contributed by atoms with Crippen LogP contribution in [0.3, 0.4) is 0 Å². The van der Waals surface area contributed by atoms with Crippen LogP contribution in [0.2, 0.25) is 0 Å². The van der Waals surface area contributed by atoms with Gasteiger partial charge in [0, 0.05) is 0 Å². The lowest BCUT2D eigenvalue weighted by atomic mass is 9.86. The molecular formula is C11H15-. The minimum absolute atomic E-state index is 0.146. The summed E-state index contributed by atoms with van der Waals surface area (Å²) in [6.07, 6.45) is 13.0. The van der Waals surface area contributed by atoms with E-state index in [4.69, 9.17) is 0 Å². The topological polar surface area (TPSA) is 0 Å². The third-order valence-corrected chi connectivity index (χ3v) is 2.09. The van der Waals surface area contributed by atoms with Crippen molar-refractivity contribution >= 4 is 0 Å². The lowest BCUT2D eigenvalue weighted by molar-refractivity contribution is 0.651. The van der Waals surface area contributed by atoms with Crippen LogP contribution in [0, 0.1) is 11.8 Å². The van der Waals surface area contributed by atoms with Crippen LogP contribution in [0.15, 0.2) is 36.0 Å². The van der Waals surface area contributed by atoms with Gasteiger partial charge in [-0.25, -0.2) is 0 Å². The zero-order valence-electron chi connectivity index (χ0n) is 7.46. The monoisotopic (exact) mass is 147 g/mol. The molecule has 1 atom stereocenters. The third-order valence-electron chi connectivity index (χ3n) is 2.09. The summed E-state index contributed by atoms with van der Waals surface area (Å²) in [7, 11) is 0. The van der Waals surface area contributed by atoms with E-state index in [0.717, 1.165) is 0 Å². The van der Waals surface area contributed by atoms with Crippen molar-refractivity contribution in [3.8, 4) is 0 Å². The molecule has 0 saturated heterocycles. The summed E-state index contributed by atoms with van der Waals surface area (Å²) in [5.74, 6) is 0. The van der Waals surface area contributed by atoms with Gasteiger partial charge >= 0.3 is 0 Å². The van der Waals surface area contributed by atoms with Crippen LogP contribution in [0.1, 0.15) is 20.8 Å². The van der Waals surface area contributed by atoms with Crippen LogP contribution in [-0.2, 0) is 0 Å². The summed E-state index contributed by atoms with van der Waals surface area (Å²) >= 11 is 0. The molecule has 0 aliphatic heterocycles. The smallest absolute Gasteiger partial charge is 0.0402 e. The maximum absolute atomic E-state index is 2.27. The van der Waals surface area contributed by atoms with E-state index in [2.05, 4.69) is 57.6 Å². The molecule has 0 saturated carbocycles. The fourth-order valence-corrected chi connectivity index (χ4v) is 1.24. The van der Waals surface area contributed by atoms with Gasteiger partial charge in [0.05, 0.1) is 0 Å². The summed E-state index contributed by atoms with van der Waals surface area (Å²) in [4.78, 5) is 0. The molecule has 0 fully saturated rings. The molecule has 0 heterocycles. The highest BCUT2D eigenvalue weighted by Gasteiger charge is 2.05. The van der Waals surface area contributed by atoms with Crippen LogP contribution in [0.25, 0.3) is 0 Å². The normalized spacial score (nSPS) is 29.9. The van der Waals surface area contributed by atoms with E-state index in [1.807, 2.05) is 0 Å². The Hall–Kier alpha value is -0.780. The highest BCUT2D eigenvalue weighted by atomic mass is 14.2. The SMILES string of the molecule is C[CH-]C1(C)C=CC=CC(C)=C1. The molecule has 0 N–H and O–H groups in total. The Balaban J connectivity index is 2.92. The molecule has 0 aromatic carbocycles. The number of allylic oxidation sites excluding steroid dienone is 6. The molecule has 1 aliphatic carbocycles. The fourth-order valence-electron chi connectivity index (χ4n) is 1.24. The van der Waals surface area contributed by atoms with E-state index in [1.54, 1.807) is 0 Å². The van der Waals surface area contributed by atoms with Gasteiger partial charge in [-0.2, -0.15) is 6.92 Å². The van der Waals surface area contributed by atoms with Crippen molar-refractivity contribution in [2.75, 3.05) is 0 Å². The summed E-state index contributed by atoms with van der Waals surface area (Å²) in [6.45, 7) is 6.44. The summed E-state index contributed by atoms with van der Waals surface area (Å²) in [6, 6.07) is 0. The molecule has 0 heteroatoms. The van der Waals surface area contributed by atoms with Gasteiger partial charge in [-0.05, 0) is 6.92 Å². The highest BCUT2D eigenvalue weighted by Crippen LogP contribution is 2.27. The molecule has 0 amide bonds. The van der Waals surface area contributed by atoms with Crippen LogP contribution in [-0.4, -0.2) is 0 Å². The second-order valence-corrected chi connectivity index (χ2v) is 3.26. The summed E-state index contributed by atoms with van der Waals surface area (Å²) < 4.78 is 0. The van der Waals surface area contributed by atoms with E-state index in [-0.39, 0.29) is 5.41 Å². The average molecular weight is 147 g/mol. The molecule has 0 radical (unpaired) electrons. The third kappa shape index (κ3) is 2.07. The Morgan fingerprint density at radius 1 is 1.36 bits per heavy atom. The molecule has 1 rings (SSSR count). The molecule has 60 valence electrons. The van der Waals surface area contributed by atoms with Crippen LogP contribution >= 0.6 is 0 Å². The van der Waals surface area contributed by atoms with E-state index in [1.165, 1.54) is 5.57 Å². The Bertz CT molecular complexity index is 218. The summed E-state index contributed by atoms with van der Waals surface area (Å²) in [5.41, 5.74) is 1.48. The fraction of sp³-hybridized carbons (Fsp3) is 0.364. The molecule has 0 spiro atoms. The second kappa shape index (κ2) is 3.08. The molecular weight excluding hydrogens is 132 g/mol. The summed E-state index contributed by atoms with van der Waals surface area (Å²) in [5, 5.41) is 0. The maximum Gasteiger partial charge on any atom is -0.0402 e. The second-order valence-electron chi connectivity index (χ2n) is 3.26. The van der Waals surface area contributed by atoms with Gasteiger partial charge in [-0.15, -0.1) is 17.6 Å². The molecule has 1 aliphatic rings. The van der Waals surface area contributed by atoms with Crippen molar-refractivity contribution in [2.24, 2.45) is 5.41 Å². The van der Waals surface area contributed by atoms with E-state index in [0.29, 0.717) is 0 Å². The lowest BCUT2D eigenvalue weighted by Crippen LogP contribution is -2.07. The molecule has 0 bridgehead atoms. The average Bonchev–Trinajstić information content (AvgIpc) is 2.13. The van der Waals surface area contributed by atoms with Crippen molar-refractivity contribution in [2.45, 2.75) is 20.8 Å². The van der Waals surface area contributed by atoms with Crippen molar-refractivity contribution in [3.63, 3.8) is 0 Å². The predicted molar refractivity (Wildman–Crippen MR) is 50.1 cm³/mol. The van der Waals surface area contributed by atoms with Crippen LogP contribution < -0.4 is 0 Å². The predicted octanol–water partition coefficient (Wildman–Crippen LogP) is 3.29. The zero-order chi connectivity index (χ0) is 8.32. The first-order chi connectivity index (χ1) is 5.16. The molecule has 0 aromatic heterocycles. The van der Waals surface area contributed by atoms with Crippen molar-refractivity contribution < 1.29 is 0 Å². The first-order valence-electron chi connectivity index (χ1n) is 4.02. The zero-order valence-corrected chi connectivity index (χ0v) is 7.46. The molecule has 0 aromatic rings. The van der Waals surface area contributed by atoms with Crippen molar-refractivity contribution in [3.05, 3.63) is 42.4 Å². The van der Waals surface area contributed by atoms with Gasteiger partial charge in [0.1, 0.15) is 0 Å². The van der Waals surface area contributed by atoms with Gasteiger partial charge in [-0.1, -0.05) is 30.7 Å². The van der Waals surface area contributed by atoms with Gasteiger partial charge in [0.25, 0.3) is 0 Å². The van der Waals surface area contributed by atoms with Gasteiger partial charge in [0.15, 0.2) is 0 Å². The van der Waals surface area contributed by atoms with Crippen molar-refractivity contribution in [1.82, 2.24) is 0 Å². The Morgan fingerprint density at radius 3 is 2.73 bits per heavy atom. The number of hydrogen-bond acceptors (Lipinski definition) is 0. The maximum atomic E-state index is 2.27. The highest BCUT2D eigenvalue weighted by molar-refractivity contribution is 5.31. The van der Waals surface area contributed by atoms with Crippen molar-refractivity contribution in [1.29, 1.82) is 0 Å². The lowest BCUT2D eigenvalue weighted by Gasteiger charge is -2.30. The Kier molecular flexibility index (Phi) is 2.33. The first kappa shape index (κ1) is 8.32. The largest absolute Gasteiger partial charge is 0.318 e. The number of rotatable bonds is 1. The molecule has 11 heavy (non-hydrogen) atoms. The van der Waals surface area contributed by atoms with Gasteiger partial charge in [0.2, 0.25) is 0 Å². The van der Waals surface area contributed by atoms with Crippen LogP contribution in [0.4, 0.5) is 0 Å². The van der Waals surface area contributed by atoms with Crippen LogP contribution in [0.5, 0.6) is 0 Å². The first-order valence-corrected chi connectivity index (χ1v) is 4.02. The van der Waals surface area contributed by atoms with E-state index < -0.39 is 0 Å². The minimum Gasteiger partial charge on any atom is -0.318 e. The minimum atomic E-state index is 0.146. The van der Waals surface area contributed by atoms with Gasteiger partial charge < -0.3 is 6.42 Å². The van der Waals surface area contributed by atoms with Gasteiger partial charge in [-0.3, -0.25) is 0 Å². The van der Waals surface area contributed by atoms with E-state index in [9.17, 15) is 0 Å².